The molecule has 1 rings (SSSR count). The predicted octanol–water partition coefficient (Wildman–Crippen LogP) is 2.09. The molecule has 0 aliphatic heterocycles. The zero-order valence-electron chi connectivity index (χ0n) is 9.58. The molecular formula is C13H18O2. The van der Waals surface area contributed by atoms with Crippen molar-refractivity contribution in [3.05, 3.63) is 35.4 Å². The molecule has 1 aromatic carbocycles. The number of Topliss-reactive ketones (excluding diaryl/α,β-unsaturated/α-hetero) is 1. The second-order valence-electron chi connectivity index (χ2n) is 4.62. The van der Waals surface area contributed by atoms with Crippen LogP contribution in [0, 0.1) is 0 Å². The fourth-order valence-electron chi connectivity index (χ4n) is 1.48. The third-order valence-electron chi connectivity index (χ3n) is 2.56. The van der Waals surface area contributed by atoms with Gasteiger partial charge in [0.1, 0.15) is 5.78 Å². The maximum atomic E-state index is 11.0. The van der Waals surface area contributed by atoms with Crippen molar-refractivity contribution >= 4 is 5.78 Å². The molecule has 0 fully saturated rings. The molecule has 0 bridgehead atoms. The second-order valence-corrected chi connectivity index (χ2v) is 4.62. The van der Waals surface area contributed by atoms with E-state index in [1.54, 1.807) is 6.92 Å². The summed E-state index contributed by atoms with van der Waals surface area (Å²) < 4.78 is 0. The van der Waals surface area contributed by atoms with E-state index in [2.05, 4.69) is 0 Å². The average molecular weight is 206 g/mol. The van der Waals surface area contributed by atoms with Gasteiger partial charge >= 0.3 is 0 Å². The van der Waals surface area contributed by atoms with Gasteiger partial charge in [-0.05, 0) is 18.1 Å². The molecule has 82 valence electrons. The van der Waals surface area contributed by atoms with Gasteiger partial charge in [-0.25, -0.2) is 0 Å². The topological polar surface area (TPSA) is 37.3 Å². The van der Waals surface area contributed by atoms with Gasteiger partial charge < -0.3 is 5.11 Å². The number of ketones is 1. The molecule has 0 aliphatic carbocycles. The highest BCUT2D eigenvalue weighted by Crippen LogP contribution is 2.23. The zero-order chi connectivity index (χ0) is 11.5. The lowest BCUT2D eigenvalue weighted by Crippen LogP contribution is -2.22. The summed E-state index contributed by atoms with van der Waals surface area (Å²) in [5.74, 6) is 0.161. The third kappa shape index (κ3) is 3.17. The number of hydrogen-bond acceptors (Lipinski definition) is 2. The highest BCUT2D eigenvalue weighted by atomic mass is 16.3. The van der Waals surface area contributed by atoms with Gasteiger partial charge in [-0.2, -0.15) is 0 Å². The Morgan fingerprint density at radius 2 is 2.07 bits per heavy atom. The summed E-state index contributed by atoms with van der Waals surface area (Å²) in [4.78, 5) is 11.0. The number of hydrogen-bond donors (Lipinski definition) is 1. The Kier molecular flexibility index (Phi) is 3.64. The van der Waals surface area contributed by atoms with Gasteiger partial charge in [-0.15, -0.1) is 0 Å². The smallest absolute Gasteiger partial charge is 0.134 e. The molecule has 0 heterocycles. The zero-order valence-corrected chi connectivity index (χ0v) is 9.58. The van der Waals surface area contributed by atoms with Crippen LogP contribution in [0.2, 0.25) is 0 Å². The van der Waals surface area contributed by atoms with E-state index in [0.717, 1.165) is 11.1 Å². The Morgan fingerprint density at radius 3 is 2.60 bits per heavy atom. The first-order valence-corrected chi connectivity index (χ1v) is 5.15. The number of benzene rings is 1. The first-order chi connectivity index (χ1) is 6.95. The maximum absolute atomic E-state index is 11.0. The summed E-state index contributed by atoms with van der Waals surface area (Å²) in [7, 11) is 0. The van der Waals surface area contributed by atoms with Gasteiger partial charge in [-0.3, -0.25) is 4.79 Å². The van der Waals surface area contributed by atoms with E-state index < -0.39 is 0 Å². The van der Waals surface area contributed by atoms with Crippen molar-refractivity contribution in [3.8, 4) is 0 Å². The van der Waals surface area contributed by atoms with Crippen molar-refractivity contribution in [2.45, 2.75) is 32.6 Å². The summed E-state index contributed by atoms with van der Waals surface area (Å²) in [5, 5.41) is 9.25. The number of aliphatic hydroxyl groups is 1. The second kappa shape index (κ2) is 4.58. The molecule has 0 saturated heterocycles. The van der Waals surface area contributed by atoms with Crippen LogP contribution in [0.15, 0.2) is 24.3 Å². The minimum atomic E-state index is -0.243. The van der Waals surface area contributed by atoms with Crippen molar-refractivity contribution in [1.29, 1.82) is 0 Å². The van der Waals surface area contributed by atoms with Crippen molar-refractivity contribution in [2.24, 2.45) is 0 Å². The van der Waals surface area contributed by atoms with Gasteiger partial charge in [-0.1, -0.05) is 38.1 Å². The Morgan fingerprint density at radius 1 is 1.40 bits per heavy atom. The van der Waals surface area contributed by atoms with Gasteiger partial charge in [0.15, 0.2) is 0 Å². The van der Waals surface area contributed by atoms with E-state index in [1.165, 1.54) is 0 Å². The first-order valence-electron chi connectivity index (χ1n) is 5.15. The van der Waals surface area contributed by atoms with Gasteiger partial charge in [0.2, 0.25) is 0 Å². The summed E-state index contributed by atoms with van der Waals surface area (Å²) in [6, 6.07) is 7.86. The molecule has 0 atom stereocenters. The summed E-state index contributed by atoms with van der Waals surface area (Å²) in [6.07, 6.45) is 0.468. The summed E-state index contributed by atoms with van der Waals surface area (Å²) in [6.45, 7) is 5.67. The van der Waals surface area contributed by atoms with Crippen molar-refractivity contribution in [1.82, 2.24) is 0 Å². The largest absolute Gasteiger partial charge is 0.395 e. The fraction of sp³-hybridized carbons (Fsp3) is 0.462. The van der Waals surface area contributed by atoms with E-state index in [-0.39, 0.29) is 17.8 Å². The molecule has 0 aliphatic rings. The number of carbonyl (C=O) groups is 1. The standard InChI is InChI=1S/C13H18O2/c1-10(15)7-11-5-4-6-12(8-11)13(2,3)9-14/h4-6,8,14H,7,9H2,1-3H3. The molecule has 2 nitrogen and oxygen atoms in total. The predicted molar refractivity (Wildman–Crippen MR) is 60.9 cm³/mol. The Labute approximate surface area is 90.9 Å². The lowest BCUT2D eigenvalue weighted by molar-refractivity contribution is -0.116. The number of carbonyl (C=O) groups excluding carboxylic acids is 1. The van der Waals surface area contributed by atoms with Gasteiger partial charge in [0, 0.05) is 11.8 Å². The van der Waals surface area contributed by atoms with Crippen LogP contribution in [-0.4, -0.2) is 17.5 Å². The Hall–Kier alpha value is -1.15. The van der Waals surface area contributed by atoms with Crippen molar-refractivity contribution in [2.75, 3.05) is 6.61 Å². The van der Waals surface area contributed by atoms with Crippen LogP contribution in [-0.2, 0) is 16.6 Å². The highest BCUT2D eigenvalue weighted by Gasteiger charge is 2.19. The fourth-order valence-corrected chi connectivity index (χ4v) is 1.48. The lowest BCUT2D eigenvalue weighted by Gasteiger charge is -2.22. The molecule has 2 heteroatoms. The quantitative estimate of drug-likeness (QED) is 0.819. The molecule has 0 aromatic heterocycles. The minimum Gasteiger partial charge on any atom is -0.395 e. The van der Waals surface area contributed by atoms with Crippen molar-refractivity contribution < 1.29 is 9.90 Å². The van der Waals surface area contributed by atoms with Crippen molar-refractivity contribution in [3.63, 3.8) is 0 Å². The van der Waals surface area contributed by atoms with E-state index in [4.69, 9.17) is 0 Å². The monoisotopic (exact) mass is 206 g/mol. The van der Waals surface area contributed by atoms with Crippen LogP contribution in [0.1, 0.15) is 31.9 Å². The average Bonchev–Trinajstić information content (AvgIpc) is 2.17. The SMILES string of the molecule is CC(=O)Cc1cccc(C(C)(C)CO)c1. The molecular weight excluding hydrogens is 188 g/mol. The molecule has 0 spiro atoms. The number of aliphatic hydroxyl groups excluding tert-OH is 1. The summed E-state index contributed by atoms with van der Waals surface area (Å²) in [5.41, 5.74) is 1.84. The molecule has 1 aromatic rings. The molecule has 0 radical (unpaired) electrons. The van der Waals surface area contributed by atoms with E-state index in [0.29, 0.717) is 6.42 Å². The van der Waals surface area contributed by atoms with Crippen LogP contribution >= 0.6 is 0 Å². The van der Waals surface area contributed by atoms with E-state index in [9.17, 15) is 9.90 Å². The van der Waals surface area contributed by atoms with E-state index >= 15 is 0 Å². The van der Waals surface area contributed by atoms with E-state index in [1.807, 2.05) is 38.1 Å². The molecule has 1 N–H and O–H groups in total. The van der Waals surface area contributed by atoms with Crippen LogP contribution < -0.4 is 0 Å². The van der Waals surface area contributed by atoms with Crippen LogP contribution in [0.5, 0.6) is 0 Å². The maximum Gasteiger partial charge on any atom is 0.134 e. The Balaban J connectivity index is 2.97. The van der Waals surface area contributed by atoms with Gasteiger partial charge in [0.25, 0.3) is 0 Å². The van der Waals surface area contributed by atoms with Crippen LogP contribution in [0.3, 0.4) is 0 Å². The normalized spacial score (nSPS) is 11.5. The lowest BCUT2D eigenvalue weighted by atomic mass is 9.84. The molecule has 0 unspecified atom stereocenters. The van der Waals surface area contributed by atoms with Gasteiger partial charge in [0.05, 0.1) is 6.61 Å². The molecule has 15 heavy (non-hydrogen) atoms. The van der Waals surface area contributed by atoms with Crippen LogP contribution in [0.25, 0.3) is 0 Å². The molecule has 0 amide bonds. The third-order valence-corrected chi connectivity index (χ3v) is 2.56. The molecule has 0 saturated carbocycles. The Bertz CT molecular complexity index is 353. The van der Waals surface area contributed by atoms with Crippen LogP contribution in [0.4, 0.5) is 0 Å². The highest BCUT2D eigenvalue weighted by molar-refractivity contribution is 5.78. The first kappa shape index (κ1) is 11.9. The number of rotatable bonds is 4. The minimum absolute atomic E-state index is 0.108. The summed E-state index contributed by atoms with van der Waals surface area (Å²) >= 11 is 0.